The average molecular weight is 472 g/mol. The Morgan fingerprint density at radius 2 is 1.91 bits per heavy atom. The van der Waals surface area contributed by atoms with Crippen LogP contribution in [0.2, 0.25) is 0 Å². The maximum atomic E-state index is 14.6. The van der Waals surface area contributed by atoms with E-state index in [0.717, 1.165) is 32.1 Å². The van der Waals surface area contributed by atoms with Crippen molar-refractivity contribution in [3.05, 3.63) is 52.0 Å². The minimum Gasteiger partial charge on any atom is -0.344 e. The highest BCUT2D eigenvalue weighted by Gasteiger charge is 2.43. The predicted molar refractivity (Wildman–Crippen MR) is 125 cm³/mol. The molecule has 8 heteroatoms. The van der Waals surface area contributed by atoms with E-state index in [1.807, 2.05) is 6.07 Å². The van der Waals surface area contributed by atoms with Gasteiger partial charge in [-0.3, -0.25) is 14.4 Å². The number of aromatic nitrogens is 1. The quantitative estimate of drug-likeness (QED) is 0.605. The zero-order valence-corrected chi connectivity index (χ0v) is 19.7. The van der Waals surface area contributed by atoms with Gasteiger partial charge in [0.05, 0.1) is 12.6 Å². The number of rotatable bonds is 7. The Morgan fingerprint density at radius 3 is 2.61 bits per heavy atom. The summed E-state index contributed by atoms with van der Waals surface area (Å²) in [4.78, 5) is 44.7. The van der Waals surface area contributed by atoms with E-state index in [9.17, 15) is 18.8 Å². The van der Waals surface area contributed by atoms with E-state index in [1.54, 1.807) is 36.6 Å². The van der Waals surface area contributed by atoms with Gasteiger partial charge >= 0.3 is 0 Å². The first kappa shape index (κ1) is 23.5. The van der Waals surface area contributed by atoms with Crippen LogP contribution in [0, 0.1) is 5.92 Å². The number of likely N-dealkylation sites (tertiary alicyclic amines) is 1. The standard InChI is InChI=1S/C25H30FN3O3S/c1-2-21(30)28-22(16-9-5-3-6-10-16)25(32)29-14-18(26)13-20(29)24-27-19(15-33-24)23(31)17-11-7-4-8-12-17/h4,7-8,11-12,15-16,18,20,22H,2-3,5-6,9-10,13-14H2,1H3,(H,28,30)/t18-,20+,22+/m1/s1. The van der Waals surface area contributed by atoms with Crippen molar-refractivity contribution in [3.8, 4) is 0 Å². The maximum Gasteiger partial charge on any atom is 0.246 e. The number of nitrogens with one attached hydrogen (secondary N) is 1. The van der Waals surface area contributed by atoms with Gasteiger partial charge in [0.2, 0.25) is 17.6 Å². The summed E-state index contributed by atoms with van der Waals surface area (Å²) in [5.74, 6) is -0.537. The van der Waals surface area contributed by atoms with Gasteiger partial charge in [-0.05, 0) is 18.8 Å². The number of amides is 2. The fraction of sp³-hybridized carbons (Fsp3) is 0.520. The number of benzene rings is 1. The second-order valence-electron chi connectivity index (χ2n) is 8.90. The lowest BCUT2D eigenvalue weighted by Crippen LogP contribution is -2.52. The zero-order chi connectivity index (χ0) is 23.4. The molecular formula is C25H30FN3O3S. The summed E-state index contributed by atoms with van der Waals surface area (Å²) in [5.41, 5.74) is 0.843. The number of ketones is 1. The van der Waals surface area contributed by atoms with Crippen LogP contribution in [-0.4, -0.2) is 46.2 Å². The Morgan fingerprint density at radius 1 is 1.18 bits per heavy atom. The molecule has 1 N–H and O–H groups in total. The molecule has 6 nitrogen and oxygen atoms in total. The molecule has 4 rings (SSSR count). The Kier molecular flexibility index (Phi) is 7.53. The highest BCUT2D eigenvalue weighted by molar-refractivity contribution is 7.10. The van der Waals surface area contributed by atoms with Crippen molar-refractivity contribution in [2.75, 3.05) is 6.54 Å². The summed E-state index contributed by atoms with van der Waals surface area (Å²) in [5, 5.41) is 5.16. The summed E-state index contributed by atoms with van der Waals surface area (Å²) in [6, 6.07) is 7.72. The molecule has 2 aliphatic rings. The van der Waals surface area contributed by atoms with E-state index in [-0.39, 0.29) is 36.5 Å². The summed E-state index contributed by atoms with van der Waals surface area (Å²) in [6.07, 6.45) is 4.24. The van der Waals surface area contributed by atoms with Crippen LogP contribution >= 0.6 is 11.3 Å². The van der Waals surface area contributed by atoms with E-state index in [2.05, 4.69) is 10.3 Å². The van der Waals surface area contributed by atoms with Crippen LogP contribution in [0.3, 0.4) is 0 Å². The first-order valence-electron chi connectivity index (χ1n) is 11.8. The van der Waals surface area contributed by atoms with E-state index >= 15 is 0 Å². The van der Waals surface area contributed by atoms with E-state index < -0.39 is 18.3 Å². The Balaban J connectivity index is 1.56. The molecule has 0 radical (unpaired) electrons. The lowest BCUT2D eigenvalue weighted by atomic mass is 9.83. The number of nitrogens with zero attached hydrogens (tertiary/aromatic N) is 2. The van der Waals surface area contributed by atoms with Gasteiger partial charge in [-0.25, -0.2) is 9.37 Å². The van der Waals surface area contributed by atoms with Gasteiger partial charge in [0, 0.05) is 23.8 Å². The Hall–Kier alpha value is -2.61. The van der Waals surface area contributed by atoms with Gasteiger partial charge in [0.25, 0.3) is 0 Å². The van der Waals surface area contributed by atoms with Crippen LogP contribution in [0.25, 0.3) is 0 Å². The third-order valence-electron chi connectivity index (χ3n) is 6.63. The molecule has 1 aliphatic heterocycles. The molecule has 2 fully saturated rings. The third-order valence-corrected chi connectivity index (χ3v) is 7.58. The largest absolute Gasteiger partial charge is 0.344 e. The number of carbonyl (C=O) groups is 3. The lowest BCUT2D eigenvalue weighted by molar-refractivity contribution is -0.139. The van der Waals surface area contributed by atoms with Crippen LogP contribution in [-0.2, 0) is 9.59 Å². The van der Waals surface area contributed by atoms with Gasteiger partial charge in [-0.1, -0.05) is 56.5 Å². The number of halogens is 1. The molecule has 1 aromatic heterocycles. The average Bonchev–Trinajstić information content (AvgIpc) is 3.49. The molecule has 1 aliphatic carbocycles. The topological polar surface area (TPSA) is 79.4 Å². The van der Waals surface area contributed by atoms with Crippen molar-refractivity contribution >= 4 is 28.9 Å². The van der Waals surface area contributed by atoms with E-state index in [4.69, 9.17) is 0 Å². The molecule has 33 heavy (non-hydrogen) atoms. The summed E-state index contributed by atoms with van der Waals surface area (Å²) in [7, 11) is 0. The van der Waals surface area contributed by atoms with Crippen LogP contribution in [0.1, 0.15) is 79.0 Å². The molecule has 3 atom stereocenters. The van der Waals surface area contributed by atoms with Crippen molar-refractivity contribution in [1.29, 1.82) is 0 Å². The van der Waals surface area contributed by atoms with Crippen molar-refractivity contribution in [2.24, 2.45) is 5.92 Å². The summed E-state index contributed by atoms with van der Waals surface area (Å²) < 4.78 is 14.6. The highest BCUT2D eigenvalue weighted by Crippen LogP contribution is 2.37. The molecule has 1 saturated carbocycles. The first-order valence-corrected chi connectivity index (χ1v) is 12.6. The first-order chi connectivity index (χ1) is 16.0. The minimum absolute atomic E-state index is 0.0176. The Bertz CT molecular complexity index is 990. The van der Waals surface area contributed by atoms with Gasteiger partial charge in [0.15, 0.2) is 0 Å². The minimum atomic E-state index is -1.16. The van der Waals surface area contributed by atoms with Crippen LogP contribution in [0.5, 0.6) is 0 Å². The van der Waals surface area contributed by atoms with Crippen LogP contribution in [0.15, 0.2) is 35.7 Å². The number of hydrogen-bond donors (Lipinski definition) is 1. The van der Waals surface area contributed by atoms with Crippen molar-refractivity contribution in [2.45, 2.75) is 70.1 Å². The lowest BCUT2D eigenvalue weighted by Gasteiger charge is -2.34. The van der Waals surface area contributed by atoms with Gasteiger partial charge in [-0.2, -0.15) is 0 Å². The predicted octanol–water partition coefficient (Wildman–Crippen LogP) is 4.46. The molecule has 2 amide bonds. The molecule has 2 heterocycles. The zero-order valence-electron chi connectivity index (χ0n) is 18.8. The van der Waals surface area contributed by atoms with Crippen molar-refractivity contribution < 1.29 is 18.8 Å². The molecule has 0 bridgehead atoms. The molecule has 0 unspecified atom stereocenters. The third kappa shape index (κ3) is 5.32. The summed E-state index contributed by atoms with van der Waals surface area (Å²) in [6.45, 7) is 1.74. The molecule has 176 valence electrons. The highest BCUT2D eigenvalue weighted by atomic mass is 32.1. The Labute approximate surface area is 197 Å². The van der Waals surface area contributed by atoms with Crippen LogP contribution < -0.4 is 5.32 Å². The van der Waals surface area contributed by atoms with E-state index in [0.29, 0.717) is 22.7 Å². The fourth-order valence-electron chi connectivity index (χ4n) is 4.85. The van der Waals surface area contributed by atoms with Gasteiger partial charge in [0.1, 0.15) is 22.9 Å². The second-order valence-corrected chi connectivity index (χ2v) is 9.79. The molecule has 0 spiro atoms. The monoisotopic (exact) mass is 471 g/mol. The SMILES string of the molecule is CCC(=O)N[C@H](C(=O)N1C[C@H](F)C[C@H]1c1nc(C(=O)c2ccccc2)cs1)C1CCCCC1. The number of carbonyl (C=O) groups excluding carboxylic acids is 3. The van der Waals surface area contributed by atoms with E-state index in [1.165, 1.54) is 16.2 Å². The smallest absolute Gasteiger partial charge is 0.246 e. The van der Waals surface area contributed by atoms with Crippen LogP contribution in [0.4, 0.5) is 4.39 Å². The van der Waals surface area contributed by atoms with Crippen molar-refractivity contribution in [1.82, 2.24) is 15.2 Å². The number of alkyl halides is 1. The number of thiazole rings is 1. The van der Waals surface area contributed by atoms with Gasteiger partial charge < -0.3 is 10.2 Å². The number of hydrogen-bond acceptors (Lipinski definition) is 5. The molecule has 1 aromatic carbocycles. The maximum absolute atomic E-state index is 14.6. The molecule has 2 aromatic rings. The normalized spacial score (nSPS) is 22.2. The van der Waals surface area contributed by atoms with Gasteiger partial charge in [-0.15, -0.1) is 11.3 Å². The summed E-state index contributed by atoms with van der Waals surface area (Å²) >= 11 is 1.28. The molecular weight excluding hydrogens is 441 g/mol. The molecule has 1 saturated heterocycles. The fourth-order valence-corrected chi connectivity index (χ4v) is 5.77. The van der Waals surface area contributed by atoms with Crippen molar-refractivity contribution in [3.63, 3.8) is 0 Å². The second kappa shape index (κ2) is 10.5.